The highest BCUT2D eigenvalue weighted by molar-refractivity contribution is 9.10. The predicted octanol–water partition coefficient (Wildman–Crippen LogP) is 4.24. The molecule has 3 aromatic rings. The van der Waals surface area contributed by atoms with E-state index in [4.69, 9.17) is 4.42 Å². The SMILES string of the molecule is Cc1oc2cc(O)ccc2c(=O)c1-c1ccccc1Br. The van der Waals surface area contributed by atoms with Crippen molar-refractivity contribution >= 4 is 26.9 Å². The van der Waals surface area contributed by atoms with Gasteiger partial charge in [0, 0.05) is 16.1 Å². The molecule has 3 rings (SSSR count). The summed E-state index contributed by atoms with van der Waals surface area (Å²) in [7, 11) is 0. The van der Waals surface area contributed by atoms with Crippen molar-refractivity contribution in [2.24, 2.45) is 0 Å². The van der Waals surface area contributed by atoms with Crippen LogP contribution in [0, 0.1) is 6.92 Å². The summed E-state index contributed by atoms with van der Waals surface area (Å²) in [6.45, 7) is 1.75. The molecule has 20 heavy (non-hydrogen) atoms. The summed E-state index contributed by atoms with van der Waals surface area (Å²) in [5.74, 6) is 0.605. The van der Waals surface area contributed by atoms with Crippen LogP contribution in [0.5, 0.6) is 5.75 Å². The highest BCUT2D eigenvalue weighted by atomic mass is 79.9. The van der Waals surface area contributed by atoms with Gasteiger partial charge in [-0.3, -0.25) is 4.79 Å². The number of benzene rings is 2. The Morgan fingerprint density at radius 2 is 1.90 bits per heavy atom. The van der Waals surface area contributed by atoms with E-state index < -0.39 is 0 Å². The summed E-state index contributed by atoms with van der Waals surface area (Å²) < 4.78 is 6.52. The van der Waals surface area contributed by atoms with Crippen molar-refractivity contribution in [3.8, 4) is 16.9 Å². The molecule has 0 spiro atoms. The van der Waals surface area contributed by atoms with E-state index in [1.165, 1.54) is 12.1 Å². The number of hydrogen-bond acceptors (Lipinski definition) is 3. The van der Waals surface area contributed by atoms with E-state index in [1.54, 1.807) is 13.0 Å². The molecule has 0 aliphatic heterocycles. The zero-order valence-electron chi connectivity index (χ0n) is 10.7. The number of aromatic hydroxyl groups is 1. The number of hydrogen-bond donors (Lipinski definition) is 1. The van der Waals surface area contributed by atoms with Gasteiger partial charge in [0.05, 0.1) is 10.9 Å². The van der Waals surface area contributed by atoms with Crippen LogP contribution in [0.15, 0.2) is 56.1 Å². The summed E-state index contributed by atoms with van der Waals surface area (Å²) in [6, 6.07) is 12.0. The van der Waals surface area contributed by atoms with Gasteiger partial charge in [-0.1, -0.05) is 34.1 Å². The molecule has 100 valence electrons. The fraction of sp³-hybridized carbons (Fsp3) is 0.0625. The zero-order chi connectivity index (χ0) is 14.3. The highest BCUT2D eigenvalue weighted by Crippen LogP contribution is 2.30. The molecule has 0 amide bonds. The van der Waals surface area contributed by atoms with Gasteiger partial charge < -0.3 is 9.52 Å². The summed E-state index contributed by atoms with van der Waals surface area (Å²) >= 11 is 3.46. The Bertz CT molecular complexity index is 865. The summed E-state index contributed by atoms with van der Waals surface area (Å²) in [5, 5.41) is 9.93. The summed E-state index contributed by atoms with van der Waals surface area (Å²) in [6.07, 6.45) is 0. The molecule has 4 heteroatoms. The van der Waals surface area contributed by atoms with E-state index in [0.29, 0.717) is 22.3 Å². The van der Waals surface area contributed by atoms with Gasteiger partial charge in [-0.05, 0) is 25.1 Å². The maximum absolute atomic E-state index is 12.7. The van der Waals surface area contributed by atoms with Gasteiger partial charge in [-0.25, -0.2) is 0 Å². The second-order valence-corrected chi connectivity index (χ2v) is 5.38. The van der Waals surface area contributed by atoms with Crippen molar-refractivity contribution in [3.63, 3.8) is 0 Å². The third kappa shape index (κ3) is 2.02. The molecule has 2 aromatic carbocycles. The largest absolute Gasteiger partial charge is 0.508 e. The van der Waals surface area contributed by atoms with Crippen LogP contribution in [0.4, 0.5) is 0 Å². The van der Waals surface area contributed by atoms with Crippen LogP contribution < -0.4 is 5.43 Å². The van der Waals surface area contributed by atoms with Crippen molar-refractivity contribution in [1.29, 1.82) is 0 Å². The van der Waals surface area contributed by atoms with Crippen LogP contribution in [0.2, 0.25) is 0 Å². The Labute approximate surface area is 123 Å². The minimum Gasteiger partial charge on any atom is -0.508 e. The molecule has 1 heterocycles. The topological polar surface area (TPSA) is 50.4 Å². The first-order valence-corrected chi connectivity index (χ1v) is 6.88. The van der Waals surface area contributed by atoms with Gasteiger partial charge in [0.25, 0.3) is 0 Å². The smallest absolute Gasteiger partial charge is 0.200 e. The number of fused-ring (bicyclic) bond motifs is 1. The van der Waals surface area contributed by atoms with Crippen molar-refractivity contribution in [2.75, 3.05) is 0 Å². The molecule has 1 aromatic heterocycles. The average molecular weight is 331 g/mol. The number of phenols is 1. The van der Waals surface area contributed by atoms with Crippen LogP contribution in [0.1, 0.15) is 5.76 Å². The number of phenolic OH excluding ortho intramolecular Hbond substituents is 1. The van der Waals surface area contributed by atoms with Gasteiger partial charge >= 0.3 is 0 Å². The fourth-order valence-electron chi connectivity index (χ4n) is 2.27. The fourth-order valence-corrected chi connectivity index (χ4v) is 2.75. The number of aryl methyl sites for hydroxylation is 1. The van der Waals surface area contributed by atoms with E-state index in [-0.39, 0.29) is 11.2 Å². The van der Waals surface area contributed by atoms with Crippen LogP contribution >= 0.6 is 15.9 Å². The standard InChI is InChI=1S/C16H11BrO3/c1-9-15(11-4-2-3-5-13(11)17)16(19)12-7-6-10(18)8-14(12)20-9/h2-8,18H,1H3. The summed E-state index contributed by atoms with van der Waals surface area (Å²) in [5.41, 5.74) is 1.63. The molecule has 0 fully saturated rings. The molecule has 0 saturated heterocycles. The Kier molecular flexibility index (Phi) is 3.10. The molecular weight excluding hydrogens is 320 g/mol. The third-order valence-electron chi connectivity index (χ3n) is 3.20. The Morgan fingerprint density at radius 1 is 1.15 bits per heavy atom. The molecule has 0 aliphatic rings. The lowest BCUT2D eigenvalue weighted by molar-refractivity contribution is 0.473. The first-order chi connectivity index (χ1) is 9.58. The Balaban J connectivity index is 2.41. The second kappa shape index (κ2) is 4.80. The molecule has 0 bridgehead atoms. The Morgan fingerprint density at radius 3 is 2.65 bits per heavy atom. The Hall–Kier alpha value is -2.07. The predicted molar refractivity (Wildman–Crippen MR) is 82.0 cm³/mol. The minimum absolute atomic E-state index is 0.0775. The van der Waals surface area contributed by atoms with Gasteiger partial charge in [0.15, 0.2) is 0 Å². The van der Waals surface area contributed by atoms with E-state index in [9.17, 15) is 9.90 Å². The molecule has 0 radical (unpaired) electrons. The maximum Gasteiger partial charge on any atom is 0.200 e. The molecule has 0 unspecified atom stereocenters. The van der Waals surface area contributed by atoms with Crippen molar-refractivity contribution in [2.45, 2.75) is 6.92 Å². The minimum atomic E-state index is -0.101. The average Bonchev–Trinajstić information content (AvgIpc) is 2.40. The van der Waals surface area contributed by atoms with Gasteiger partial charge in [0.1, 0.15) is 17.1 Å². The van der Waals surface area contributed by atoms with Crippen molar-refractivity contribution in [1.82, 2.24) is 0 Å². The van der Waals surface area contributed by atoms with Crippen LogP contribution in [0.25, 0.3) is 22.1 Å². The van der Waals surface area contributed by atoms with Crippen LogP contribution in [-0.2, 0) is 0 Å². The van der Waals surface area contributed by atoms with Gasteiger partial charge in [-0.15, -0.1) is 0 Å². The lowest BCUT2D eigenvalue weighted by Gasteiger charge is -2.08. The van der Waals surface area contributed by atoms with Crippen molar-refractivity contribution < 1.29 is 9.52 Å². The van der Waals surface area contributed by atoms with E-state index >= 15 is 0 Å². The third-order valence-corrected chi connectivity index (χ3v) is 3.89. The van der Waals surface area contributed by atoms with Crippen LogP contribution in [-0.4, -0.2) is 5.11 Å². The zero-order valence-corrected chi connectivity index (χ0v) is 12.3. The lowest BCUT2D eigenvalue weighted by atomic mass is 10.0. The van der Waals surface area contributed by atoms with Gasteiger partial charge in [-0.2, -0.15) is 0 Å². The molecular formula is C16H11BrO3. The monoisotopic (exact) mass is 330 g/mol. The van der Waals surface area contributed by atoms with Crippen molar-refractivity contribution in [3.05, 3.63) is 62.9 Å². The van der Waals surface area contributed by atoms with E-state index in [0.717, 1.165) is 10.0 Å². The molecule has 0 aliphatic carbocycles. The van der Waals surface area contributed by atoms with Crippen LogP contribution in [0.3, 0.4) is 0 Å². The number of rotatable bonds is 1. The molecule has 1 N–H and O–H groups in total. The first-order valence-electron chi connectivity index (χ1n) is 6.09. The highest BCUT2D eigenvalue weighted by Gasteiger charge is 2.15. The second-order valence-electron chi connectivity index (χ2n) is 4.52. The maximum atomic E-state index is 12.7. The first kappa shape index (κ1) is 12.9. The molecule has 3 nitrogen and oxygen atoms in total. The lowest BCUT2D eigenvalue weighted by Crippen LogP contribution is -2.07. The number of halogens is 1. The molecule has 0 saturated carbocycles. The van der Waals surface area contributed by atoms with Gasteiger partial charge in [0.2, 0.25) is 5.43 Å². The van der Waals surface area contributed by atoms with E-state index in [1.807, 2.05) is 24.3 Å². The molecule has 0 atom stereocenters. The normalized spacial score (nSPS) is 10.9. The summed E-state index contributed by atoms with van der Waals surface area (Å²) in [4.78, 5) is 12.7. The quantitative estimate of drug-likeness (QED) is 0.726. The van der Waals surface area contributed by atoms with E-state index in [2.05, 4.69) is 15.9 Å².